The summed E-state index contributed by atoms with van der Waals surface area (Å²) in [5.74, 6) is 0.515. The number of nitrogens with zero attached hydrogens (tertiary/aromatic N) is 6. The number of ether oxygens (including phenoxy) is 1. The van der Waals surface area contributed by atoms with Crippen molar-refractivity contribution in [3.8, 4) is 22.7 Å². The number of benzene rings is 1. The van der Waals surface area contributed by atoms with Gasteiger partial charge in [0.1, 0.15) is 0 Å². The van der Waals surface area contributed by atoms with Crippen LogP contribution in [0.4, 0.5) is 0 Å². The quantitative estimate of drug-likeness (QED) is 0.404. The van der Waals surface area contributed by atoms with Crippen LogP contribution >= 0.6 is 0 Å². The van der Waals surface area contributed by atoms with E-state index in [-0.39, 0.29) is 12.3 Å². The summed E-state index contributed by atoms with van der Waals surface area (Å²) in [7, 11) is 3.60. The molecule has 0 bridgehead atoms. The molecule has 5 rings (SSSR count). The third-order valence-corrected chi connectivity index (χ3v) is 5.73. The van der Waals surface area contributed by atoms with Gasteiger partial charge in [0.05, 0.1) is 40.7 Å². The number of aromatic nitrogens is 6. The molecule has 168 valence electrons. The van der Waals surface area contributed by atoms with E-state index >= 15 is 0 Å². The van der Waals surface area contributed by atoms with Crippen LogP contribution in [0.5, 0.6) is 5.88 Å². The van der Waals surface area contributed by atoms with Crippen LogP contribution < -0.4 is 10.4 Å². The second kappa shape index (κ2) is 8.18. The number of aliphatic hydroxyl groups is 1. The zero-order valence-corrected chi connectivity index (χ0v) is 18.7. The summed E-state index contributed by atoms with van der Waals surface area (Å²) >= 11 is 0. The van der Waals surface area contributed by atoms with Gasteiger partial charge in [0.25, 0.3) is 0 Å². The van der Waals surface area contributed by atoms with Gasteiger partial charge in [-0.2, -0.15) is 5.10 Å². The Kier molecular flexibility index (Phi) is 5.18. The van der Waals surface area contributed by atoms with Crippen LogP contribution in [-0.2, 0) is 14.1 Å². The van der Waals surface area contributed by atoms with Gasteiger partial charge in [-0.25, -0.2) is 9.78 Å². The Bertz CT molecular complexity index is 1530. The number of aryl methyl sites for hydroxylation is 3. The lowest BCUT2D eigenvalue weighted by atomic mass is 10.0. The van der Waals surface area contributed by atoms with E-state index in [9.17, 15) is 4.79 Å². The first-order valence-electron chi connectivity index (χ1n) is 10.7. The number of aliphatic hydroxyl groups excluding tert-OH is 1. The highest BCUT2D eigenvalue weighted by Gasteiger charge is 2.19. The van der Waals surface area contributed by atoms with E-state index < -0.39 is 0 Å². The molecule has 9 nitrogen and oxygen atoms in total. The molecule has 0 amide bonds. The van der Waals surface area contributed by atoms with Gasteiger partial charge in [0.2, 0.25) is 5.88 Å². The maximum Gasteiger partial charge on any atom is 0.333 e. The predicted octanol–water partition coefficient (Wildman–Crippen LogP) is 2.74. The van der Waals surface area contributed by atoms with Gasteiger partial charge in [-0.15, -0.1) is 0 Å². The van der Waals surface area contributed by atoms with E-state index in [1.165, 1.54) is 0 Å². The van der Waals surface area contributed by atoms with Gasteiger partial charge >= 0.3 is 5.69 Å². The molecule has 0 unspecified atom stereocenters. The number of hydrogen-bond donors (Lipinski definition) is 1. The zero-order valence-electron chi connectivity index (χ0n) is 18.7. The van der Waals surface area contributed by atoms with E-state index in [4.69, 9.17) is 9.84 Å². The third-order valence-electron chi connectivity index (χ3n) is 5.73. The molecular formula is C24H24N6O3. The Labute approximate surface area is 189 Å². The number of imidazole rings is 1. The van der Waals surface area contributed by atoms with Crippen molar-refractivity contribution in [2.45, 2.75) is 13.3 Å². The molecule has 0 radical (unpaired) electrons. The molecule has 0 saturated carbocycles. The summed E-state index contributed by atoms with van der Waals surface area (Å²) < 4.78 is 10.6. The van der Waals surface area contributed by atoms with Gasteiger partial charge in [-0.3, -0.25) is 18.8 Å². The van der Waals surface area contributed by atoms with Crippen molar-refractivity contribution in [1.82, 2.24) is 28.9 Å². The number of fused-ring (bicyclic) bond motifs is 3. The van der Waals surface area contributed by atoms with Crippen molar-refractivity contribution >= 4 is 21.9 Å². The fourth-order valence-corrected chi connectivity index (χ4v) is 4.08. The molecule has 0 fully saturated rings. The highest BCUT2D eigenvalue weighted by molar-refractivity contribution is 6.04. The van der Waals surface area contributed by atoms with Crippen LogP contribution in [0.15, 0.2) is 53.7 Å². The Morgan fingerprint density at radius 1 is 1.06 bits per heavy atom. The smallest absolute Gasteiger partial charge is 0.333 e. The molecular weight excluding hydrogens is 420 g/mol. The molecule has 4 heterocycles. The maximum absolute atomic E-state index is 13.2. The largest absolute Gasteiger partial charge is 0.478 e. The molecule has 0 saturated heterocycles. The Morgan fingerprint density at radius 3 is 2.58 bits per heavy atom. The fourth-order valence-electron chi connectivity index (χ4n) is 4.08. The van der Waals surface area contributed by atoms with E-state index in [1.807, 2.05) is 50.5 Å². The van der Waals surface area contributed by atoms with E-state index in [0.29, 0.717) is 18.9 Å². The first-order chi connectivity index (χ1) is 16.0. The lowest BCUT2D eigenvalue weighted by Crippen LogP contribution is -2.21. The minimum absolute atomic E-state index is 0.0841. The predicted molar refractivity (Wildman–Crippen MR) is 126 cm³/mol. The minimum Gasteiger partial charge on any atom is -0.478 e. The van der Waals surface area contributed by atoms with Crippen LogP contribution in [-0.4, -0.2) is 47.2 Å². The Morgan fingerprint density at radius 2 is 1.88 bits per heavy atom. The molecule has 0 aliphatic carbocycles. The monoisotopic (exact) mass is 444 g/mol. The molecule has 5 aromatic rings. The van der Waals surface area contributed by atoms with Crippen LogP contribution in [0.25, 0.3) is 38.8 Å². The summed E-state index contributed by atoms with van der Waals surface area (Å²) in [5.41, 5.74) is 5.59. The Hall–Kier alpha value is -3.98. The normalized spacial score (nSPS) is 11.5. The molecule has 0 spiro atoms. The van der Waals surface area contributed by atoms with E-state index in [0.717, 1.165) is 44.4 Å². The summed E-state index contributed by atoms with van der Waals surface area (Å²) in [6, 6.07) is 9.74. The first-order valence-corrected chi connectivity index (χ1v) is 10.7. The van der Waals surface area contributed by atoms with Crippen molar-refractivity contribution in [1.29, 1.82) is 0 Å². The first kappa shape index (κ1) is 20.9. The number of rotatable bonds is 6. The number of hydrogen-bond acceptors (Lipinski definition) is 6. The van der Waals surface area contributed by atoms with Gasteiger partial charge in [0, 0.05) is 56.5 Å². The highest BCUT2D eigenvalue weighted by Crippen LogP contribution is 2.30. The van der Waals surface area contributed by atoms with Crippen LogP contribution in [0, 0.1) is 6.92 Å². The molecule has 4 aromatic heterocycles. The molecule has 0 aliphatic rings. The van der Waals surface area contributed by atoms with Gasteiger partial charge in [-0.05, 0) is 30.7 Å². The summed E-state index contributed by atoms with van der Waals surface area (Å²) in [6.07, 6.45) is 5.91. The van der Waals surface area contributed by atoms with E-state index in [2.05, 4.69) is 15.1 Å². The topological polar surface area (TPSA) is 100.0 Å². The second-order valence-electron chi connectivity index (χ2n) is 7.99. The standard InChI is InChI=1S/C24H24N6O3/c1-15-21(14-28(2)27-15)30-23-18-11-16(17-6-8-22(26-12-17)33-10-4-9-31)5-7-19(18)25-13-20(23)29(3)24(30)32/h5-8,11-14,31H,4,9-10H2,1-3H3. The Balaban J connectivity index is 1.67. The molecule has 9 heteroatoms. The molecule has 0 aliphatic heterocycles. The summed E-state index contributed by atoms with van der Waals surface area (Å²) in [6.45, 7) is 2.40. The third kappa shape index (κ3) is 3.56. The molecule has 33 heavy (non-hydrogen) atoms. The maximum atomic E-state index is 13.2. The summed E-state index contributed by atoms with van der Waals surface area (Å²) in [5, 5.41) is 14.2. The molecule has 0 atom stereocenters. The average Bonchev–Trinajstić information content (AvgIpc) is 3.28. The van der Waals surface area contributed by atoms with Gasteiger partial charge in [0.15, 0.2) is 0 Å². The molecule has 1 aromatic carbocycles. The van der Waals surface area contributed by atoms with Crippen LogP contribution in [0.1, 0.15) is 12.1 Å². The second-order valence-corrected chi connectivity index (χ2v) is 7.99. The number of pyridine rings is 2. The molecule has 1 N–H and O–H groups in total. The van der Waals surface area contributed by atoms with Crippen LogP contribution in [0.2, 0.25) is 0 Å². The van der Waals surface area contributed by atoms with Crippen molar-refractivity contribution in [3.05, 3.63) is 65.1 Å². The minimum atomic E-state index is -0.146. The summed E-state index contributed by atoms with van der Waals surface area (Å²) in [4.78, 5) is 22.2. The lowest BCUT2D eigenvalue weighted by Gasteiger charge is -2.08. The van der Waals surface area contributed by atoms with E-state index in [1.54, 1.807) is 33.3 Å². The van der Waals surface area contributed by atoms with Crippen molar-refractivity contribution in [3.63, 3.8) is 0 Å². The van der Waals surface area contributed by atoms with Crippen LogP contribution in [0.3, 0.4) is 0 Å². The van der Waals surface area contributed by atoms with Crippen molar-refractivity contribution in [2.75, 3.05) is 13.2 Å². The average molecular weight is 444 g/mol. The highest BCUT2D eigenvalue weighted by atomic mass is 16.5. The lowest BCUT2D eigenvalue weighted by molar-refractivity contribution is 0.229. The van der Waals surface area contributed by atoms with Crippen molar-refractivity contribution < 1.29 is 9.84 Å². The van der Waals surface area contributed by atoms with Crippen molar-refractivity contribution in [2.24, 2.45) is 14.1 Å². The fraction of sp³-hybridized carbons (Fsp3) is 0.250. The SMILES string of the molecule is Cc1nn(C)cc1-n1c(=O)n(C)c2cnc3ccc(-c4ccc(OCCCO)nc4)cc3c21. The zero-order chi connectivity index (χ0) is 23.1. The van der Waals surface area contributed by atoms with Gasteiger partial charge in [-0.1, -0.05) is 6.07 Å². The van der Waals surface area contributed by atoms with Gasteiger partial charge < -0.3 is 9.84 Å².